The third-order valence-corrected chi connectivity index (χ3v) is 3.54. The van der Waals surface area contributed by atoms with E-state index in [2.05, 4.69) is 15.3 Å². The van der Waals surface area contributed by atoms with Gasteiger partial charge in [-0.25, -0.2) is 9.69 Å². The Kier molecular flexibility index (Phi) is 3.48. The van der Waals surface area contributed by atoms with Gasteiger partial charge >= 0.3 is 6.03 Å². The van der Waals surface area contributed by atoms with Crippen molar-refractivity contribution in [2.24, 2.45) is 9.98 Å². The molecule has 3 heterocycles. The molecule has 11 nitrogen and oxygen atoms in total. The predicted octanol–water partition coefficient (Wildman–Crippen LogP) is -2.58. The Morgan fingerprint density at radius 1 is 1.45 bits per heavy atom. The van der Waals surface area contributed by atoms with Crippen LogP contribution in [0.4, 0.5) is 4.79 Å². The molecule has 22 heavy (non-hydrogen) atoms. The first-order chi connectivity index (χ1) is 10.5. The number of amides is 3. The van der Waals surface area contributed by atoms with E-state index in [0.717, 1.165) is 4.90 Å². The van der Waals surface area contributed by atoms with Crippen molar-refractivity contribution in [2.75, 3.05) is 13.7 Å². The second-order valence-electron chi connectivity index (χ2n) is 4.79. The van der Waals surface area contributed by atoms with E-state index in [1.165, 1.54) is 7.11 Å². The predicted molar refractivity (Wildman–Crippen MR) is 70.5 cm³/mol. The average Bonchev–Trinajstić information content (AvgIpc) is 2.95. The third kappa shape index (κ3) is 2.02. The zero-order valence-electron chi connectivity index (χ0n) is 11.4. The molecule has 0 radical (unpaired) electrons. The minimum Gasteiger partial charge on any atom is -0.394 e. The number of amidine groups is 1. The molecule has 3 aliphatic heterocycles. The molecule has 3 rings (SSSR count). The van der Waals surface area contributed by atoms with Gasteiger partial charge in [-0.1, -0.05) is 0 Å². The van der Waals surface area contributed by atoms with Gasteiger partial charge in [-0.05, 0) is 0 Å². The van der Waals surface area contributed by atoms with Gasteiger partial charge in [0, 0.05) is 7.11 Å². The molecule has 4 atom stereocenters. The van der Waals surface area contributed by atoms with Gasteiger partial charge in [-0.3, -0.25) is 15.5 Å². The Labute approximate surface area is 123 Å². The summed E-state index contributed by atoms with van der Waals surface area (Å²) in [6.45, 7) is -0.476. The van der Waals surface area contributed by atoms with Crippen LogP contribution in [0.15, 0.2) is 9.98 Å². The van der Waals surface area contributed by atoms with Crippen LogP contribution < -0.4 is 5.32 Å². The molecule has 0 aromatic carbocycles. The minimum atomic E-state index is -1.17. The van der Waals surface area contributed by atoms with E-state index in [1.54, 1.807) is 0 Å². The van der Waals surface area contributed by atoms with Gasteiger partial charge in [0.2, 0.25) is 5.96 Å². The number of guanidine groups is 1. The molecular formula is C11H13N5O6. The number of nitrogens with zero attached hydrogens (tertiary/aromatic N) is 3. The molecular weight excluding hydrogens is 298 g/mol. The summed E-state index contributed by atoms with van der Waals surface area (Å²) in [5.74, 6) is -1.31. The maximum absolute atomic E-state index is 12.1. The van der Waals surface area contributed by atoms with Gasteiger partial charge in [0.15, 0.2) is 17.8 Å². The zero-order chi connectivity index (χ0) is 16.0. The summed E-state index contributed by atoms with van der Waals surface area (Å²) < 4.78 is 10.5. The largest absolute Gasteiger partial charge is 0.394 e. The van der Waals surface area contributed by atoms with E-state index in [4.69, 9.17) is 14.9 Å². The van der Waals surface area contributed by atoms with Crippen LogP contribution in [0.25, 0.3) is 0 Å². The number of aliphatic hydroxyl groups excluding tert-OH is 2. The molecule has 0 spiro atoms. The molecule has 1 saturated heterocycles. The molecule has 11 heteroatoms. The van der Waals surface area contributed by atoms with Crippen LogP contribution in [0, 0.1) is 5.41 Å². The van der Waals surface area contributed by atoms with Crippen LogP contribution in [-0.4, -0.2) is 82.8 Å². The molecule has 3 amide bonds. The smallest absolute Gasteiger partial charge is 0.352 e. The number of aliphatic hydroxyl groups is 2. The number of urea groups is 1. The maximum atomic E-state index is 12.1. The fourth-order valence-corrected chi connectivity index (χ4v) is 2.53. The van der Waals surface area contributed by atoms with Gasteiger partial charge in [-0.15, -0.1) is 0 Å². The van der Waals surface area contributed by atoms with Crippen molar-refractivity contribution in [3.8, 4) is 0 Å². The molecule has 0 bridgehead atoms. The Morgan fingerprint density at radius 3 is 2.82 bits per heavy atom. The molecule has 1 fully saturated rings. The number of nitrogens with one attached hydrogen (secondary N) is 2. The van der Waals surface area contributed by atoms with E-state index in [1.807, 2.05) is 0 Å². The summed E-state index contributed by atoms with van der Waals surface area (Å²) in [7, 11) is 1.31. The Morgan fingerprint density at radius 2 is 2.18 bits per heavy atom. The summed E-state index contributed by atoms with van der Waals surface area (Å²) in [6.07, 6.45) is -4.21. The van der Waals surface area contributed by atoms with Crippen molar-refractivity contribution in [3.05, 3.63) is 0 Å². The number of hydrogen-bond donors (Lipinski definition) is 4. The minimum absolute atomic E-state index is 0.142. The van der Waals surface area contributed by atoms with Crippen LogP contribution in [0.1, 0.15) is 0 Å². The van der Waals surface area contributed by atoms with Crippen LogP contribution in [-0.2, 0) is 14.3 Å². The number of aliphatic imine (C=N–C) groups is 2. The standard InChI is InChI=1S/C11H13N5O6/c1-21-6-5(18)3(2-17)22-9(6)16-7-4(13-11(16)20)8(19)15-10(12)14-7/h3,5-6,9,17-18H,2H2,1H3,(H2,12,15,19)/t3-,5-,6-,9-/m1/s1. The van der Waals surface area contributed by atoms with Crippen molar-refractivity contribution in [1.82, 2.24) is 10.2 Å². The Bertz CT molecular complexity index is 616. The van der Waals surface area contributed by atoms with Crippen molar-refractivity contribution in [3.63, 3.8) is 0 Å². The first kappa shape index (κ1) is 14.7. The number of methoxy groups -OCH3 is 1. The highest BCUT2D eigenvalue weighted by atomic mass is 16.6. The molecule has 118 valence electrons. The van der Waals surface area contributed by atoms with Crippen LogP contribution >= 0.6 is 0 Å². The first-order valence-corrected chi connectivity index (χ1v) is 6.36. The first-order valence-electron chi connectivity index (χ1n) is 6.36. The van der Waals surface area contributed by atoms with Crippen LogP contribution in [0.2, 0.25) is 0 Å². The summed E-state index contributed by atoms with van der Waals surface area (Å²) in [5, 5.41) is 28.8. The monoisotopic (exact) mass is 311 g/mol. The van der Waals surface area contributed by atoms with Gasteiger partial charge in [0.05, 0.1) is 6.61 Å². The van der Waals surface area contributed by atoms with Crippen molar-refractivity contribution in [1.29, 1.82) is 5.41 Å². The third-order valence-electron chi connectivity index (χ3n) is 3.54. The average molecular weight is 311 g/mol. The summed E-state index contributed by atoms with van der Waals surface area (Å²) >= 11 is 0. The van der Waals surface area contributed by atoms with Gasteiger partial charge in [-0.2, -0.15) is 9.98 Å². The quantitative estimate of drug-likeness (QED) is 0.448. The summed E-state index contributed by atoms with van der Waals surface area (Å²) in [6, 6.07) is -0.823. The Hall–Kier alpha value is -2.21. The SMILES string of the molecule is CO[C@@H]1[C@H](O)[C@@H](CO)O[C@H]1N1C(=O)N=C2C(=O)NC(=N)N=C21. The fourth-order valence-electron chi connectivity index (χ4n) is 2.53. The highest BCUT2D eigenvalue weighted by molar-refractivity contribution is 6.72. The molecule has 0 aromatic rings. The van der Waals surface area contributed by atoms with E-state index in [-0.39, 0.29) is 11.5 Å². The highest BCUT2D eigenvalue weighted by Gasteiger charge is 2.52. The van der Waals surface area contributed by atoms with E-state index >= 15 is 0 Å². The second-order valence-corrected chi connectivity index (χ2v) is 4.79. The van der Waals surface area contributed by atoms with Gasteiger partial charge < -0.3 is 19.7 Å². The maximum Gasteiger partial charge on any atom is 0.352 e. The molecule has 0 saturated carbocycles. The molecule has 3 aliphatic rings. The van der Waals surface area contributed by atoms with E-state index in [0.29, 0.717) is 0 Å². The Balaban J connectivity index is 1.97. The number of carbonyl (C=O) groups is 2. The highest BCUT2D eigenvalue weighted by Crippen LogP contribution is 2.29. The van der Waals surface area contributed by atoms with Gasteiger partial charge in [0.25, 0.3) is 5.91 Å². The lowest BCUT2D eigenvalue weighted by Crippen LogP contribution is -2.53. The number of rotatable bonds is 3. The molecule has 4 N–H and O–H groups in total. The van der Waals surface area contributed by atoms with Crippen LogP contribution in [0.5, 0.6) is 0 Å². The molecule has 0 unspecified atom stereocenters. The van der Waals surface area contributed by atoms with Gasteiger partial charge in [0.1, 0.15) is 18.3 Å². The number of fused-ring (bicyclic) bond motifs is 1. The number of ether oxygens (including phenoxy) is 2. The molecule has 0 aliphatic carbocycles. The lowest BCUT2D eigenvalue weighted by Gasteiger charge is -2.28. The normalized spacial score (nSPS) is 34.5. The van der Waals surface area contributed by atoms with E-state index in [9.17, 15) is 19.8 Å². The van der Waals surface area contributed by atoms with Crippen molar-refractivity contribution >= 4 is 29.4 Å². The lowest BCUT2D eigenvalue weighted by atomic mass is 10.1. The molecule has 0 aromatic heterocycles. The summed E-state index contributed by atoms with van der Waals surface area (Å²) in [5.41, 5.74) is -0.235. The van der Waals surface area contributed by atoms with Crippen molar-refractivity contribution < 1.29 is 29.3 Å². The number of carbonyl (C=O) groups excluding carboxylic acids is 2. The topological polar surface area (TPSA) is 157 Å². The fraction of sp³-hybridized carbons (Fsp3) is 0.545. The van der Waals surface area contributed by atoms with Crippen LogP contribution in [0.3, 0.4) is 0 Å². The van der Waals surface area contributed by atoms with E-state index < -0.39 is 49.0 Å². The van der Waals surface area contributed by atoms with Crippen molar-refractivity contribution in [2.45, 2.75) is 24.5 Å². The summed E-state index contributed by atoms with van der Waals surface area (Å²) in [4.78, 5) is 32.1. The lowest BCUT2D eigenvalue weighted by molar-refractivity contribution is -0.113. The number of hydrogen-bond acceptors (Lipinski definition) is 7. The second kappa shape index (κ2) is 5.21. The zero-order valence-corrected chi connectivity index (χ0v) is 11.4.